The number of aryl methyl sites for hydroxylation is 1. The highest BCUT2D eigenvalue weighted by Crippen LogP contribution is 2.24. The highest BCUT2D eigenvalue weighted by atomic mass is 16.2. The van der Waals surface area contributed by atoms with E-state index in [1.54, 1.807) is 0 Å². The van der Waals surface area contributed by atoms with Crippen molar-refractivity contribution in [2.75, 3.05) is 6.54 Å². The predicted octanol–water partition coefficient (Wildman–Crippen LogP) is 3.21. The molecule has 1 heterocycles. The van der Waals surface area contributed by atoms with Gasteiger partial charge in [0, 0.05) is 19.0 Å². The molecule has 1 aromatic carbocycles. The number of carbonyl (C=O) groups is 2. The fourth-order valence-corrected chi connectivity index (χ4v) is 3.47. The van der Waals surface area contributed by atoms with Gasteiger partial charge in [0.05, 0.1) is 12.0 Å². The maximum Gasteiger partial charge on any atom is 0.225 e. The molecule has 2 unspecified atom stereocenters. The molecule has 0 spiro atoms. The van der Waals surface area contributed by atoms with E-state index in [1.165, 1.54) is 5.56 Å². The molecule has 2 amide bonds. The normalized spacial score (nSPS) is 19.3. The Hall–Kier alpha value is -1.84. The van der Waals surface area contributed by atoms with E-state index >= 15 is 0 Å². The molecule has 23 heavy (non-hydrogen) atoms. The molecular formula is C19H28N2O2. The molecule has 1 N–H and O–H groups in total. The standard InChI is InChI=1S/C19H28N2O2/c1-5-16(6-2)21-12-15(11-18(21)22)19(23)20-14(4)17-10-8-7-9-13(17)3/h7-10,14-16H,5-6,11-12H2,1-4H3,(H,20,23). The molecule has 1 fully saturated rings. The van der Waals surface area contributed by atoms with Gasteiger partial charge in [-0.25, -0.2) is 0 Å². The van der Waals surface area contributed by atoms with Crippen LogP contribution >= 0.6 is 0 Å². The summed E-state index contributed by atoms with van der Waals surface area (Å²) < 4.78 is 0. The quantitative estimate of drug-likeness (QED) is 0.876. The van der Waals surface area contributed by atoms with Crippen LogP contribution < -0.4 is 5.32 Å². The van der Waals surface area contributed by atoms with Gasteiger partial charge >= 0.3 is 0 Å². The molecule has 1 aromatic rings. The van der Waals surface area contributed by atoms with Gasteiger partial charge in [0.25, 0.3) is 0 Å². The van der Waals surface area contributed by atoms with Gasteiger partial charge < -0.3 is 10.2 Å². The van der Waals surface area contributed by atoms with Crippen molar-refractivity contribution >= 4 is 11.8 Å². The third-order valence-electron chi connectivity index (χ3n) is 4.93. The summed E-state index contributed by atoms with van der Waals surface area (Å²) in [5.74, 6) is -0.125. The van der Waals surface area contributed by atoms with Gasteiger partial charge in [-0.1, -0.05) is 38.1 Å². The molecule has 0 aromatic heterocycles. The topological polar surface area (TPSA) is 49.4 Å². The van der Waals surface area contributed by atoms with Crippen molar-refractivity contribution < 1.29 is 9.59 Å². The first-order chi connectivity index (χ1) is 11.0. The van der Waals surface area contributed by atoms with Crippen molar-refractivity contribution in [3.63, 3.8) is 0 Å². The lowest BCUT2D eigenvalue weighted by molar-refractivity contribution is -0.130. The maximum atomic E-state index is 12.5. The first-order valence-electron chi connectivity index (χ1n) is 8.63. The van der Waals surface area contributed by atoms with Crippen LogP contribution in [0.1, 0.15) is 57.2 Å². The van der Waals surface area contributed by atoms with Crippen molar-refractivity contribution in [2.24, 2.45) is 5.92 Å². The summed E-state index contributed by atoms with van der Waals surface area (Å²) >= 11 is 0. The van der Waals surface area contributed by atoms with Gasteiger partial charge in [-0.05, 0) is 37.8 Å². The van der Waals surface area contributed by atoms with Crippen molar-refractivity contribution in [2.45, 2.75) is 59.0 Å². The van der Waals surface area contributed by atoms with Gasteiger partial charge in [0.1, 0.15) is 0 Å². The average Bonchev–Trinajstić information content (AvgIpc) is 2.91. The van der Waals surface area contributed by atoms with Crippen molar-refractivity contribution in [3.05, 3.63) is 35.4 Å². The first kappa shape index (κ1) is 17.5. The van der Waals surface area contributed by atoms with Gasteiger partial charge in [-0.15, -0.1) is 0 Å². The summed E-state index contributed by atoms with van der Waals surface area (Å²) in [6, 6.07) is 8.29. The van der Waals surface area contributed by atoms with Crippen LogP contribution in [0.4, 0.5) is 0 Å². The smallest absolute Gasteiger partial charge is 0.225 e. The van der Waals surface area contributed by atoms with E-state index in [1.807, 2.05) is 43.0 Å². The number of likely N-dealkylation sites (tertiary alicyclic amines) is 1. The van der Waals surface area contributed by atoms with E-state index in [9.17, 15) is 9.59 Å². The van der Waals surface area contributed by atoms with Gasteiger partial charge in [0.15, 0.2) is 0 Å². The van der Waals surface area contributed by atoms with Crippen molar-refractivity contribution in [1.82, 2.24) is 10.2 Å². The summed E-state index contributed by atoms with van der Waals surface area (Å²) in [4.78, 5) is 26.6. The summed E-state index contributed by atoms with van der Waals surface area (Å²) in [5, 5.41) is 3.08. The Morgan fingerprint density at radius 3 is 2.57 bits per heavy atom. The Kier molecular flexibility index (Phi) is 5.80. The second kappa shape index (κ2) is 7.62. The minimum atomic E-state index is -0.227. The Bertz CT molecular complexity index is 566. The molecule has 0 radical (unpaired) electrons. The summed E-state index contributed by atoms with van der Waals surface area (Å²) in [7, 11) is 0. The molecule has 1 aliphatic rings. The zero-order valence-electron chi connectivity index (χ0n) is 14.6. The van der Waals surface area contributed by atoms with Gasteiger partial charge in [-0.2, -0.15) is 0 Å². The molecule has 0 bridgehead atoms. The number of rotatable bonds is 6. The molecule has 0 saturated carbocycles. The third kappa shape index (κ3) is 3.92. The van der Waals surface area contributed by atoms with E-state index in [4.69, 9.17) is 0 Å². The van der Waals surface area contributed by atoms with Crippen LogP contribution in [-0.4, -0.2) is 29.3 Å². The van der Waals surface area contributed by atoms with E-state index in [0.29, 0.717) is 13.0 Å². The lowest BCUT2D eigenvalue weighted by Crippen LogP contribution is -2.38. The molecule has 2 atom stereocenters. The van der Waals surface area contributed by atoms with E-state index < -0.39 is 0 Å². The maximum absolute atomic E-state index is 12.5. The lowest BCUT2D eigenvalue weighted by atomic mass is 10.0. The Morgan fingerprint density at radius 1 is 1.30 bits per heavy atom. The van der Waals surface area contributed by atoms with Crippen LogP contribution in [-0.2, 0) is 9.59 Å². The molecule has 126 valence electrons. The molecule has 4 heteroatoms. The van der Waals surface area contributed by atoms with E-state index in [0.717, 1.165) is 18.4 Å². The lowest BCUT2D eigenvalue weighted by Gasteiger charge is -2.26. The Morgan fingerprint density at radius 2 is 1.96 bits per heavy atom. The number of nitrogens with zero attached hydrogens (tertiary/aromatic N) is 1. The molecule has 4 nitrogen and oxygen atoms in total. The SMILES string of the molecule is CCC(CC)N1CC(C(=O)NC(C)c2ccccc2C)CC1=O. The third-order valence-corrected chi connectivity index (χ3v) is 4.93. The molecular weight excluding hydrogens is 288 g/mol. The second-order valence-corrected chi connectivity index (χ2v) is 6.50. The van der Waals surface area contributed by atoms with Gasteiger partial charge in [0.2, 0.25) is 11.8 Å². The van der Waals surface area contributed by atoms with Crippen LogP contribution in [0.15, 0.2) is 24.3 Å². The van der Waals surface area contributed by atoms with Crippen LogP contribution in [0.5, 0.6) is 0 Å². The van der Waals surface area contributed by atoms with E-state index in [-0.39, 0.29) is 29.8 Å². The summed E-state index contributed by atoms with van der Waals surface area (Å²) in [6.07, 6.45) is 2.22. The summed E-state index contributed by atoms with van der Waals surface area (Å²) in [5.41, 5.74) is 2.29. The fourth-order valence-electron chi connectivity index (χ4n) is 3.47. The Labute approximate surface area is 139 Å². The van der Waals surface area contributed by atoms with Crippen LogP contribution in [0.3, 0.4) is 0 Å². The second-order valence-electron chi connectivity index (χ2n) is 6.50. The van der Waals surface area contributed by atoms with E-state index in [2.05, 4.69) is 19.2 Å². The molecule has 1 aliphatic heterocycles. The van der Waals surface area contributed by atoms with Crippen LogP contribution in [0, 0.1) is 12.8 Å². The zero-order chi connectivity index (χ0) is 17.0. The zero-order valence-corrected chi connectivity index (χ0v) is 14.6. The highest BCUT2D eigenvalue weighted by Gasteiger charge is 2.37. The predicted molar refractivity (Wildman–Crippen MR) is 91.9 cm³/mol. The highest BCUT2D eigenvalue weighted by molar-refractivity contribution is 5.89. The van der Waals surface area contributed by atoms with Gasteiger partial charge in [-0.3, -0.25) is 9.59 Å². The van der Waals surface area contributed by atoms with Crippen LogP contribution in [0.2, 0.25) is 0 Å². The largest absolute Gasteiger partial charge is 0.349 e. The first-order valence-corrected chi connectivity index (χ1v) is 8.63. The fraction of sp³-hybridized carbons (Fsp3) is 0.579. The minimum absolute atomic E-state index is 0.0115. The number of carbonyl (C=O) groups excluding carboxylic acids is 2. The number of benzene rings is 1. The van der Waals surface area contributed by atoms with Crippen molar-refractivity contribution in [1.29, 1.82) is 0 Å². The number of hydrogen-bond acceptors (Lipinski definition) is 2. The number of nitrogens with one attached hydrogen (secondary N) is 1. The average molecular weight is 316 g/mol. The Balaban J connectivity index is 1.99. The molecule has 0 aliphatic carbocycles. The minimum Gasteiger partial charge on any atom is -0.349 e. The molecule has 2 rings (SSSR count). The number of amides is 2. The monoisotopic (exact) mass is 316 g/mol. The number of hydrogen-bond donors (Lipinski definition) is 1. The van der Waals surface area contributed by atoms with Crippen molar-refractivity contribution in [3.8, 4) is 0 Å². The molecule has 1 saturated heterocycles. The summed E-state index contributed by atoms with van der Waals surface area (Å²) in [6.45, 7) is 8.78. The van der Waals surface area contributed by atoms with Crippen LogP contribution in [0.25, 0.3) is 0 Å².